The molecule has 0 bridgehead atoms. The first kappa shape index (κ1) is 18.7. The molecule has 1 N–H and O–H groups in total. The Kier molecular flexibility index (Phi) is 7.61. The SMILES string of the molecule is CCCN(C)C(=O)[C@@H](NC(=O)OC(C)(C)C)[C@@H](C)CC. The maximum absolute atomic E-state index is 12.4. The Balaban J connectivity index is 4.81. The first-order valence-electron chi connectivity index (χ1n) is 7.36. The maximum atomic E-state index is 12.4. The second-order valence-electron chi connectivity index (χ2n) is 6.27. The third-order valence-electron chi connectivity index (χ3n) is 3.09. The average Bonchev–Trinajstić information content (AvgIpc) is 2.32. The van der Waals surface area contributed by atoms with E-state index in [9.17, 15) is 9.59 Å². The molecule has 0 aliphatic heterocycles. The van der Waals surface area contributed by atoms with Crippen LogP contribution in [0.4, 0.5) is 4.79 Å². The molecule has 0 aromatic rings. The monoisotopic (exact) mass is 286 g/mol. The molecule has 20 heavy (non-hydrogen) atoms. The summed E-state index contributed by atoms with van der Waals surface area (Å²) in [4.78, 5) is 25.9. The van der Waals surface area contributed by atoms with Crippen LogP contribution in [0, 0.1) is 5.92 Å². The van der Waals surface area contributed by atoms with Crippen LogP contribution in [-0.4, -0.2) is 42.1 Å². The van der Waals surface area contributed by atoms with Crippen molar-refractivity contribution >= 4 is 12.0 Å². The van der Waals surface area contributed by atoms with E-state index >= 15 is 0 Å². The molecule has 0 spiro atoms. The first-order chi connectivity index (χ1) is 9.12. The van der Waals surface area contributed by atoms with Gasteiger partial charge in [-0.3, -0.25) is 4.79 Å². The molecular formula is C15H30N2O3. The maximum Gasteiger partial charge on any atom is 0.408 e. The minimum atomic E-state index is -0.567. The van der Waals surface area contributed by atoms with Gasteiger partial charge in [0.25, 0.3) is 0 Å². The van der Waals surface area contributed by atoms with E-state index < -0.39 is 17.7 Å². The van der Waals surface area contributed by atoms with Crippen molar-refractivity contribution in [3.8, 4) is 0 Å². The van der Waals surface area contributed by atoms with Crippen LogP contribution in [-0.2, 0) is 9.53 Å². The molecule has 0 aromatic carbocycles. The van der Waals surface area contributed by atoms with Crippen LogP contribution < -0.4 is 5.32 Å². The number of likely N-dealkylation sites (N-methyl/N-ethyl adjacent to an activating group) is 1. The van der Waals surface area contributed by atoms with Crippen molar-refractivity contribution in [2.45, 2.75) is 66.0 Å². The lowest BCUT2D eigenvalue weighted by molar-refractivity contribution is -0.133. The van der Waals surface area contributed by atoms with Gasteiger partial charge in [0.2, 0.25) is 5.91 Å². The molecule has 0 rings (SSSR count). The van der Waals surface area contributed by atoms with E-state index in [1.165, 1.54) is 0 Å². The Hall–Kier alpha value is -1.26. The normalized spacial score (nSPS) is 14.3. The molecule has 2 atom stereocenters. The topological polar surface area (TPSA) is 58.6 Å². The molecule has 0 heterocycles. The Labute approximate surface area is 123 Å². The summed E-state index contributed by atoms with van der Waals surface area (Å²) in [7, 11) is 1.76. The van der Waals surface area contributed by atoms with Crippen LogP contribution in [0.1, 0.15) is 54.4 Å². The number of hydrogen-bond donors (Lipinski definition) is 1. The third kappa shape index (κ3) is 6.78. The number of hydrogen-bond acceptors (Lipinski definition) is 3. The van der Waals surface area contributed by atoms with Crippen molar-refractivity contribution in [3.05, 3.63) is 0 Å². The zero-order valence-electron chi connectivity index (χ0n) is 13.9. The highest BCUT2D eigenvalue weighted by Crippen LogP contribution is 2.13. The van der Waals surface area contributed by atoms with Crippen molar-refractivity contribution in [1.29, 1.82) is 0 Å². The van der Waals surface area contributed by atoms with Crippen molar-refractivity contribution in [2.24, 2.45) is 5.92 Å². The van der Waals surface area contributed by atoms with E-state index in [-0.39, 0.29) is 11.8 Å². The number of nitrogens with zero attached hydrogens (tertiary/aromatic N) is 1. The van der Waals surface area contributed by atoms with E-state index in [0.29, 0.717) is 6.54 Å². The number of ether oxygens (including phenoxy) is 1. The van der Waals surface area contributed by atoms with E-state index in [1.54, 1.807) is 32.7 Å². The summed E-state index contributed by atoms with van der Waals surface area (Å²) in [5.41, 5.74) is -0.567. The highest BCUT2D eigenvalue weighted by molar-refractivity contribution is 5.85. The van der Waals surface area contributed by atoms with Gasteiger partial charge in [0.1, 0.15) is 11.6 Å². The quantitative estimate of drug-likeness (QED) is 0.817. The fourth-order valence-electron chi connectivity index (χ4n) is 1.80. The molecule has 0 aliphatic rings. The predicted octanol–water partition coefficient (Wildman–Crippen LogP) is 2.79. The van der Waals surface area contributed by atoms with Gasteiger partial charge >= 0.3 is 6.09 Å². The first-order valence-corrected chi connectivity index (χ1v) is 7.36. The molecule has 0 aromatic heterocycles. The zero-order chi connectivity index (χ0) is 15.9. The summed E-state index contributed by atoms with van der Waals surface area (Å²) in [5, 5.41) is 2.71. The minimum Gasteiger partial charge on any atom is -0.444 e. The van der Waals surface area contributed by atoms with Gasteiger partial charge in [-0.1, -0.05) is 27.2 Å². The van der Waals surface area contributed by atoms with Gasteiger partial charge in [-0.2, -0.15) is 0 Å². The highest BCUT2D eigenvalue weighted by atomic mass is 16.6. The summed E-state index contributed by atoms with van der Waals surface area (Å²) in [6.45, 7) is 12.1. The smallest absolute Gasteiger partial charge is 0.408 e. The standard InChI is InChI=1S/C15H30N2O3/c1-8-10-17(7)13(18)12(11(3)9-2)16-14(19)20-15(4,5)6/h11-12H,8-10H2,1-7H3,(H,16,19)/t11-,12-/m0/s1. The van der Waals surface area contributed by atoms with Gasteiger partial charge in [0, 0.05) is 13.6 Å². The lowest BCUT2D eigenvalue weighted by Gasteiger charge is -2.29. The van der Waals surface area contributed by atoms with Crippen molar-refractivity contribution < 1.29 is 14.3 Å². The molecule has 118 valence electrons. The van der Waals surface area contributed by atoms with E-state index in [0.717, 1.165) is 12.8 Å². The summed E-state index contributed by atoms with van der Waals surface area (Å²) >= 11 is 0. The van der Waals surface area contributed by atoms with Crippen molar-refractivity contribution in [1.82, 2.24) is 10.2 Å². The fraction of sp³-hybridized carbons (Fsp3) is 0.867. The molecule has 0 unspecified atom stereocenters. The Morgan fingerprint density at radius 3 is 2.20 bits per heavy atom. The molecule has 0 radical (unpaired) electrons. The second-order valence-corrected chi connectivity index (χ2v) is 6.27. The number of carbonyl (C=O) groups is 2. The molecule has 2 amide bonds. The predicted molar refractivity (Wildman–Crippen MR) is 80.5 cm³/mol. The van der Waals surface area contributed by atoms with Gasteiger partial charge in [-0.15, -0.1) is 0 Å². The highest BCUT2D eigenvalue weighted by Gasteiger charge is 2.29. The summed E-state index contributed by atoms with van der Waals surface area (Å²) in [6, 6.07) is -0.536. The molecule has 5 heteroatoms. The van der Waals surface area contributed by atoms with Gasteiger partial charge in [0.05, 0.1) is 0 Å². The largest absolute Gasteiger partial charge is 0.444 e. The van der Waals surface area contributed by atoms with Crippen LogP contribution in [0.25, 0.3) is 0 Å². The molecular weight excluding hydrogens is 256 g/mol. The number of amides is 2. The van der Waals surface area contributed by atoms with Crippen LogP contribution in [0.2, 0.25) is 0 Å². The lowest BCUT2D eigenvalue weighted by atomic mass is 9.98. The molecule has 0 saturated carbocycles. The van der Waals surface area contributed by atoms with E-state index in [4.69, 9.17) is 4.74 Å². The molecule has 0 aliphatic carbocycles. The van der Waals surface area contributed by atoms with E-state index in [2.05, 4.69) is 5.32 Å². The van der Waals surface area contributed by atoms with Gasteiger partial charge in [0.15, 0.2) is 0 Å². The van der Waals surface area contributed by atoms with Gasteiger partial charge in [-0.05, 0) is 33.1 Å². The summed E-state index contributed by atoms with van der Waals surface area (Å²) < 4.78 is 5.23. The third-order valence-corrected chi connectivity index (χ3v) is 3.09. The van der Waals surface area contributed by atoms with Crippen LogP contribution in [0.3, 0.4) is 0 Å². The van der Waals surface area contributed by atoms with Crippen LogP contribution >= 0.6 is 0 Å². The Bertz CT molecular complexity index is 324. The van der Waals surface area contributed by atoms with Crippen LogP contribution in [0.15, 0.2) is 0 Å². The number of rotatable bonds is 6. The number of alkyl carbamates (subject to hydrolysis) is 1. The number of nitrogens with one attached hydrogen (secondary N) is 1. The average molecular weight is 286 g/mol. The zero-order valence-corrected chi connectivity index (χ0v) is 13.9. The number of carbonyl (C=O) groups excluding carboxylic acids is 2. The molecule has 0 fully saturated rings. The van der Waals surface area contributed by atoms with Crippen LogP contribution in [0.5, 0.6) is 0 Å². The van der Waals surface area contributed by atoms with Crippen molar-refractivity contribution in [3.63, 3.8) is 0 Å². The van der Waals surface area contributed by atoms with Crippen molar-refractivity contribution in [2.75, 3.05) is 13.6 Å². The molecule has 5 nitrogen and oxygen atoms in total. The summed E-state index contributed by atoms with van der Waals surface area (Å²) in [5.74, 6) is 0.00128. The van der Waals surface area contributed by atoms with E-state index in [1.807, 2.05) is 20.8 Å². The molecule has 0 saturated heterocycles. The fourth-order valence-corrected chi connectivity index (χ4v) is 1.80. The van der Waals surface area contributed by atoms with Gasteiger partial charge < -0.3 is 15.0 Å². The van der Waals surface area contributed by atoms with Gasteiger partial charge in [-0.25, -0.2) is 4.79 Å². The Morgan fingerprint density at radius 2 is 1.80 bits per heavy atom. The lowest BCUT2D eigenvalue weighted by Crippen LogP contribution is -2.51. The minimum absolute atomic E-state index is 0.0629. The second kappa shape index (κ2) is 8.12. The Morgan fingerprint density at radius 1 is 1.25 bits per heavy atom. The summed E-state index contributed by atoms with van der Waals surface area (Å²) in [6.07, 6.45) is 1.16.